The molecule has 0 aromatic heterocycles. The molecule has 0 fully saturated rings. The highest BCUT2D eigenvalue weighted by atomic mass is 16.5. The number of ether oxygens (including phenoxy) is 1. The molecular formula is C16H18N2O6. The maximum atomic E-state index is 11.9. The Kier molecular flexibility index (Phi) is 7.69. The monoisotopic (exact) mass is 334 g/mol. The van der Waals surface area contributed by atoms with Gasteiger partial charge in [-0.05, 0) is 6.92 Å². The number of amides is 1. The van der Waals surface area contributed by atoms with Crippen LogP contribution in [0.1, 0.15) is 12.5 Å². The molecule has 3 N–H and O–H groups in total. The highest BCUT2D eigenvalue weighted by Crippen LogP contribution is 2.15. The third-order valence-corrected chi connectivity index (χ3v) is 2.69. The Labute approximate surface area is 138 Å². The fourth-order valence-electron chi connectivity index (χ4n) is 1.62. The molecule has 0 aliphatic carbocycles. The summed E-state index contributed by atoms with van der Waals surface area (Å²) < 4.78 is 4.86. The Morgan fingerprint density at radius 1 is 1.21 bits per heavy atom. The van der Waals surface area contributed by atoms with Crippen molar-refractivity contribution in [2.75, 3.05) is 19.7 Å². The van der Waals surface area contributed by atoms with Crippen LogP contribution in [-0.2, 0) is 19.1 Å². The number of nitrogens with one attached hydrogen (secondary N) is 1. The fraction of sp³-hybridized carbons (Fsp3) is 0.250. The molecule has 0 saturated heterocycles. The standard InChI is InChI=1S/C16H18N2O6/c1-2-24-16(23)12(15(22)11-6-4-3-5-7-11)8-17-9-13(19)18-10-14(20)21/h3-8,22H,2,9-10H2,1H3,(H,18,19)(H,20,21)/b15-12-,17-8?. The van der Waals surface area contributed by atoms with Crippen LogP contribution in [0.5, 0.6) is 0 Å². The third kappa shape index (κ3) is 6.30. The first kappa shape index (κ1) is 18.9. The first-order chi connectivity index (χ1) is 11.5. The minimum absolute atomic E-state index is 0.108. The molecule has 0 saturated carbocycles. The molecule has 0 unspecified atom stereocenters. The van der Waals surface area contributed by atoms with Gasteiger partial charge in [0.15, 0.2) is 0 Å². The molecule has 0 radical (unpaired) electrons. The number of nitrogens with zero attached hydrogens (tertiary/aromatic N) is 1. The quantitative estimate of drug-likeness (QED) is 0.279. The SMILES string of the molecule is CCOC(=O)/C(C=NCC(=O)NCC(=O)O)=C(\O)c1ccccc1. The van der Waals surface area contributed by atoms with Crippen molar-refractivity contribution in [3.8, 4) is 0 Å². The van der Waals surface area contributed by atoms with Gasteiger partial charge < -0.3 is 20.3 Å². The number of rotatable bonds is 8. The summed E-state index contributed by atoms with van der Waals surface area (Å²) in [5, 5.41) is 20.8. The zero-order chi connectivity index (χ0) is 17.9. The number of carboxylic acid groups (broad SMARTS) is 1. The van der Waals surface area contributed by atoms with Gasteiger partial charge in [0, 0.05) is 11.8 Å². The van der Waals surface area contributed by atoms with Gasteiger partial charge >= 0.3 is 11.9 Å². The lowest BCUT2D eigenvalue weighted by Gasteiger charge is -2.06. The molecule has 0 aliphatic heterocycles. The second-order valence-corrected chi connectivity index (χ2v) is 4.49. The number of carboxylic acids is 1. The molecule has 1 aromatic rings. The van der Waals surface area contributed by atoms with Crippen molar-refractivity contribution >= 4 is 29.8 Å². The number of benzene rings is 1. The van der Waals surface area contributed by atoms with Gasteiger partial charge in [0.25, 0.3) is 0 Å². The Morgan fingerprint density at radius 2 is 1.88 bits per heavy atom. The topological polar surface area (TPSA) is 125 Å². The van der Waals surface area contributed by atoms with Gasteiger partial charge in [-0.3, -0.25) is 14.6 Å². The fourth-order valence-corrected chi connectivity index (χ4v) is 1.62. The van der Waals surface area contributed by atoms with Crippen LogP contribution in [0, 0.1) is 0 Å². The van der Waals surface area contributed by atoms with Crippen molar-refractivity contribution in [1.29, 1.82) is 0 Å². The van der Waals surface area contributed by atoms with E-state index in [4.69, 9.17) is 9.84 Å². The lowest BCUT2D eigenvalue weighted by Crippen LogP contribution is -2.31. The van der Waals surface area contributed by atoms with Crippen molar-refractivity contribution < 1.29 is 29.3 Å². The molecular weight excluding hydrogens is 316 g/mol. The molecule has 0 atom stereocenters. The van der Waals surface area contributed by atoms with Crippen LogP contribution >= 0.6 is 0 Å². The van der Waals surface area contributed by atoms with E-state index in [1.54, 1.807) is 37.3 Å². The normalized spacial score (nSPS) is 11.7. The molecule has 1 aromatic carbocycles. The van der Waals surface area contributed by atoms with E-state index in [0.717, 1.165) is 6.21 Å². The minimum Gasteiger partial charge on any atom is -0.506 e. The minimum atomic E-state index is -1.18. The van der Waals surface area contributed by atoms with Gasteiger partial charge in [-0.25, -0.2) is 4.79 Å². The predicted molar refractivity (Wildman–Crippen MR) is 86.6 cm³/mol. The average Bonchev–Trinajstić information content (AvgIpc) is 2.57. The largest absolute Gasteiger partial charge is 0.506 e. The van der Waals surface area contributed by atoms with Gasteiger partial charge in [-0.15, -0.1) is 0 Å². The zero-order valence-corrected chi connectivity index (χ0v) is 13.1. The number of hydrogen-bond donors (Lipinski definition) is 3. The summed E-state index contributed by atoms with van der Waals surface area (Å²) in [6.07, 6.45) is 1.03. The molecule has 128 valence electrons. The van der Waals surface area contributed by atoms with Crippen molar-refractivity contribution in [3.05, 3.63) is 41.5 Å². The summed E-state index contributed by atoms with van der Waals surface area (Å²) in [5.74, 6) is -2.92. The number of esters is 1. The van der Waals surface area contributed by atoms with Gasteiger partial charge in [-0.1, -0.05) is 30.3 Å². The third-order valence-electron chi connectivity index (χ3n) is 2.69. The first-order valence-electron chi connectivity index (χ1n) is 7.09. The van der Waals surface area contributed by atoms with Crippen LogP contribution in [-0.4, -0.2) is 54.0 Å². The lowest BCUT2D eigenvalue weighted by molar-refractivity contribution is -0.138. The summed E-state index contributed by atoms with van der Waals surface area (Å²) in [5.41, 5.74) is 0.191. The van der Waals surface area contributed by atoms with E-state index in [2.05, 4.69) is 10.3 Å². The molecule has 24 heavy (non-hydrogen) atoms. The Bertz CT molecular complexity index is 652. The van der Waals surface area contributed by atoms with Crippen LogP contribution in [0.4, 0.5) is 0 Å². The number of aliphatic hydroxyl groups is 1. The second-order valence-electron chi connectivity index (χ2n) is 4.49. The number of carbonyl (C=O) groups is 3. The first-order valence-corrected chi connectivity index (χ1v) is 7.09. The number of aliphatic hydroxyl groups excluding tert-OH is 1. The summed E-state index contributed by atoms with van der Waals surface area (Å²) >= 11 is 0. The summed E-state index contributed by atoms with van der Waals surface area (Å²) in [4.78, 5) is 37.4. The van der Waals surface area contributed by atoms with E-state index < -0.39 is 30.9 Å². The maximum Gasteiger partial charge on any atom is 0.343 e. The van der Waals surface area contributed by atoms with Gasteiger partial charge in [-0.2, -0.15) is 0 Å². The molecule has 0 spiro atoms. The van der Waals surface area contributed by atoms with Crippen molar-refractivity contribution in [1.82, 2.24) is 5.32 Å². The lowest BCUT2D eigenvalue weighted by atomic mass is 10.1. The molecule has 8 nitrogen and oxygen atoms in total. The number of carbonyl (C=O) groups excluding carboxylic acids is 2. The maximum absolute atomic E-state index is 11.9. The van der Waals surface area contributed by atoms with Crippen LogP contribution < -0.4 is 5.32 Å². The van der Waals surface area contributed by atoms with E-state index in [0.29, 0.717) is 5.56 Å². The van der Waals surface area contributed by atoms with Crippen LogP contribution in [0.2, 0.25) is 0 Å². The highest BCUT2D eigenvalue weighted by Gasteiger charge is 2.16. The van der Waals surface area contributed by atoms with Crippen molar-refractivity contribution in [3.63, 3.8) is 0 Å². The molecule has 0 aliphatic rings. The second kappa shape index (κ2) is 9.78. The summed E-state index contributed by atoms with van der Waals surface area (Å²) in [7, 11) is 0. The van der Waals surface area contributed by atoms with E-state index >= 15 is 0 Å². The predicted octanol–water partition coefficient (Wildman–Crippen LogP) is 0.790. The van der Waals surface area contributed by atoms with Crippen LogP contribution in [0.3, 0.4) is 0 Å². The highest BCUT2D eigenvalue weighted by molar-refractivity contribution is 6.15. The average molecular weight is 334 g/mol. The van der Waals surface area contributed by atoms with E-state index in [9.17, 15) is 19.5 Å². The van der Waals surface area contributed by atoms with E-state index in [-0.39, 0.29) is 17.9 Å². The molecule has 1 amide bonds. The van der Waals surface area contributed by atoms with Gasteiger partial charge in [0.2, 0.25) is 5.91 Å². The van der Waals surface area contributed by atoms with Crippen LogP contribution in [0.15, 0.2) is 40.9 Å². The Hall–Kier alpha value is -3.16. The number of hydrogen-bond acceptors (Lipinski definition) is 6. The van der Waals surface area contributed by atoms with Gasteiger partial charge in [0.1, 0.15) is 24.4 Å². The van der Waals surface area contributed by atoms with Crippen molar-refractivity contribution in [2.45, 2.75) is 6.92 Å². The number of aliphatic imine (C=N–C) groups is 1. The molecule has 8 heteroatoms. The van der Waals surface area contributed by atoms with E-state index in [1.165, 1.54) is 0 Å². The molecule has 1 rings (SSSR count). The molecule has 0 bridgehead atoms. The van der Waals surface area contributed by atoms with Gasteiger partial charge in [0.05, 0.1) is 6.61 Å². The summed E-state index contributed by atoms with van der Waals surface area (Å²) in [6.45, 7) is 0.811. The molecule has 0 heterocycles. The van der Waals surface area contributed by atoms with Crippen LogP contribution in [0.25, 0.3) is 5.76 Å². The van der Waals surface area contributed by atoms with E-state index in [1.807, 2.05) is 0 Å². The Balaban J connectivity index is 2.91. The smallest absolute Gasteiger partial charge is 0.343 e. The van der Waals surface area contributed by atoms with Crippen molar-refractivity contribution in [2.24, 2.45) is 4.99 Å². The zero-order valence-electron chi connectivity index (χ0n) is 13.1. The summed E-state index contributed by atoms with van der Waals surface area (Å²) in [6, 6.07) is 8.32. The number of aliphatic carboxylic acids is 1. The Morgan fingerprint density at radius 3 is 2.46 bits per heavy atom.